The van der Waals surface area contributed by atoms with E-state index in [-0.39, 0.29) is 5.91 Å². The van der Waals surface area contributed by atoms with Crippen molar-refractivity contribution in [2.45, 2.75) is 38.8 Å². The van der Waals surface area contributed by atoms with Gasteiger partial charge in [-0.05, 0) is 39.4 Å². The molecule has 2 rings (SSSR count). The Bertz CT molecular complexity index is 466. The van der Waals surface area contributed by atoms with Crippen LogP contribution in [-0.4, -0.2) is 53.5 Å². The van der Waals surface area contributed by atoms with Crippen LogP contribution < -0.4 is 5.73 Å². The average Bonchev–Trinajstić information content (AvgIpc) is 2.79. The molecule has 2 heterocycles. The van der Waals surface area contributed by atoms with Crippen LogP contribution in [0.4, 0.5) is 5.69 Å². The van der Waals surface area contributed by atoms with E-state index in [0.29, 0.717) is 11.7 Å². The third-order valence-electron chi connectivity index (χ3n) is 4.02. The normalized spacial score (nSPS) is 19.6. The molecule has 112 valence electrons. The summed E-state index contributed by atoms with van der Waals surface area (Å²) in [5.74, 6) is 0.113. The molecule has 1 atom stereocenters. The molecule has 1 aliphatic rings. The molecule has 0 aliphatic carbocycles. The Morgan fingerprint density at radius 2 is 2.25 bits per heavy atom. The fourth-order valence-corrected chi connectivity index (χ4v) is 2.86. The Balaban J connectivity index is 2.14. The molecule has 20 heavy (non-hydrogen) atoms. The number of aromatic nitrogens is 1. The number of piperidine rings is 1. The predicted molar refractivity (Wildman–Crippen MR) is 81.7 cm³/mol. The second-order valence-corrected chi connectivity index (χ2v) is 5.86. The average molecular weight is 278 g/mol. The largest absolute Gasteiger partial charge is 0.397 e. The highest BCUT2D eigenvalue weighted by atomic mass is 16.2. The number of nitrogens with two attached hydrogens (primary N) is 1. The number of carbonyl (C=O) groups is 1. The number of nitrogen functional groups attached to an aromatic ring is 1. The van der Waals surface area contributed by atoms with E-state index in [1.165, 1.54) is 0 Å². The van der Waals surface area contributed by atoms with Gasteiger partial charge in [0.1, 0.15) is 5.69 Å². The van der Waals surface area contributed by atoms with Gasteiger partial charge >= 0.3 is 0 Å². The van der Waals surface area contributed by atoms with Crippen molar-refractivity contribution in [2.24, 2.45) is 0 Å². The van der Waals surface area contributed by atoms with Crippen molar-refractivity contribution < 1.29 is 4.79 Å². The molecule has 1 unspecified atom stereocenters. The van der Waals surface area contributed by atoms with E-state index in [2.05, 4.69) is 25.9 Å². The number of aryl methyl sites for hydroxylation is 1. The van der Waals surface area contributed by atoms with Gasteiger partial charge in [0.05, 0.1) is 5.69 Å². The Morgan fingerprint density at radius 3 is 2.90 bits per heavy atom. The molecule has 0 aromatic carbocycles. The molecule has 1 fully saturated rings. The number of likely N-dealkylation sites (tertiary alicyclic amines) is 1. The van der Waals surface area contributed by atoms with Crippen molar-refractivity contribution in [3.05, 3.63) is 18.0 Å². The van der Waals surface area contributed by atoms with E-state index in [1.807, 2.05) is 15.7 Å². The number of nitrogens with zero attached hydrogens (tertiary/aromatic N) is 3. The monoisotopic (exact) mass is 278 g/mol. The number of hydrogen-bond acceptors (Lipinski definition) is 3. The zero-order chi connectivity index (χ0) is 14.7. The quantitative estimate of drug-likeness (QED) is 0.911. The minimum absolute atomic E-state index is 0.113. The minimum Gasteiger partial charge on any atom is -0.397 e. The molecule has 2 N–H and O–H groups in total. The Morgan fingerprint density at radius 1 is 1.50 bits per heavy atom. The first kappa shape index (κ1) is 14.9. The summed E-state index contributed by atoms with van der Waals surface area (Å²) in [7, 11) is 4.16. The molecular formula is C15H26N4O. The van der Waals surface area contributed by atoms with E-state index in [0.717, 1.165) is 44.6 Å². The van der Waals surface area contributed by atoms with Crippen LogP contribution >= 0.6 is 0 Å². The van der Waals surface area contributed by atoms with Gasteiger partial charge in [-0.25, -0.2) is 0 Å². The van der Waals surface area contributed by atoms with Gasteiger partial charge in [-0.1, -0.05) is 6.92 Å². The first-order valence-electron chi connectivity index (χ1n) is 7.44. The van der Waals surface area contributed by atoms with Gasteiger partial charge in [0.15, 0.2) is 0 Å². The van der Waals surface area contributed by atoms with Crippen LogP contribution in [0.5, 0.6) is 0 Å². The summed E-state index contributed by atoms with van der Waals surface area (Å²) >= 11 is 0. The summed E-state index contributed by atoms with van der Waals surface area (Å²) in [5.41, 5.74) is 7.25. The number of rotatable bonds is 4. The highest BCUT2D eigenvalue weighted by Gasteiger charge is 2.27. The van der Waals surface area contributed by atoms with Gasteiger partial charge in [-0.2, -0.15) is 0 Å². The lowest BCUT2D eigenvalue weighted by atomic mass is 10.0. The lowest BCUT2D eigenvalue weighted by Crippen LogP contribution is -2.47. The molecule has 1 saturated heterocycles. The second-order valence-electron chi connectivity index (χ2n) is 5.86. The molecular weight excluding hydrogens is 252 g/mol. The van der Waals surface area contributed by atoms with Gasteiger partial charge in [0.25, 0.3) is 5.91 Å². The fraction of sp³-hybridized carbons (Fsp3) is 0.667. The van der Waals surface area contributed by atoms with Crippen molar-refractivity contribution in [3.8, 4) is 0 Å². The van der Waals surface area contributed by atoms with Crippen molar-refractivity contribution in [1.82, 2.24) is 14.4 Å². The molecule has 5 nitrogen and oxygen atoms in total. The minimum atomic E-state index is 0.113. The van der Waals surface area contributed by atoms with Gasteiger partial charge in [0.2, 0.25) is 0 Å². The number of hydrogen-bond donors (Lipinski definition) is 1. The molecule has 0 bridgehead atoms. The lowest BCUT2D eigenvalue weighted by molar-refractivity contribution is 0.0624. The molecule has 0 saturated carbocycles. The smallest absolute Gasteiger partial charge is 0.270 e. The maximum Gasteiger partial charge on any atom is 0.270 e. The molecule has 1 aliphatic heterocycles. The molecule has 1 amide bonds. The van der Waals surface area contributed by atoms with Crippen molar-refractivity contribution in [2.75, 3.05) is 32.9 Å². The molecule has 1 aromatic heterocycles. The van der Waals surface area contributed by atoms with E-state index in [1.54, 1.807) is 6.07 Å². The summed E-state index contributed by atoms with van der Waals surface area (Å²) in [6.45, 7) is 4.60. The maximum absolute atomic E-state index is 12.7. The summed E-state index contributed by atoms with van der Waals surface area (Å²) in [5, 5.41) is 0. The number of anilines is 1. The zero-order valence-electron chi connectivity index (χ0n) is 12.8. The van der Waals surface area contributed by atoms with Crippen LogP contribution in [0.3, 0.4) is 0 Å². The van der Waals surface area contributed by atoms with Crippen LogP contribution in [-0.2, 0) is 6.54 Å². The van der Waals surface area contributed by atoms with Gasteiger partial charge in [0, 0.05) is 31.9 Å². The molecule has 1 aromatic rings. The highest BCUT2D eigenvalue weighted by molar-refractivity contribution is 5.94. The first-order valence-corrected chi connectivity index (χ1v) is 7.44. The van der Waals surface area contributed by atoms with Crippen molar-refractivity contribution >= 4 is 11.6 Å². The van der Waals surface area contributed by atoms with Crippen molar-refractivity contribution in [3.63, 3.8) is 0 Å². The lowest BCUT2D eigenvalue weighted by Gasteiger charge is -2.36. The van der Waals surface area contributed by atoms with Crippen LogP contribution in [0.2, 0.25) is 0 Å². The zero-order valence-corrected chi connectivity index (χ0v) is 12.8. The molecule has 0 radical (unpaired) electrons. The Labute approximate surface area is 121 Å². The standard InChI is InChI=1S/C15H26N4O/c1-4-7-18-10-12(16)9-14(18)15(20)19-8-5-6-13(11-19)17(2)3/h9-10,13H,4-8,11,16H2,1-3H3. The topological polar surface area (TPSA) is 54.5 Å². The third-order valence-corrected chi connectivity index (χ3v) is 4.02. The van der Waals surface area contributed by atoms with Gasteiger partial charge < -0.3 is 20.1 Å². The number of likely N-dealkylation sites (N-methyl/N-ethyl adjacent to an activating group) is 1. The van der Waals surface area contributed by atoms with E-state index >= 15 is 0 Å². The van der Waals surface area contributed by atoms with Crippen LogP contribution in [0.25, 0.3) is 0 Å². The van der Waals surface area contributed by atoms with Crippen LogP contribution in [0.15, 0.2) is 12.3 Å². The molecule has 0 spiro atoms. The van der Waals surface area contributed by atoms with Gasteiger partial charge in [-0.3, -0.25) is 4.79 Å². The Hall–Kier alpha value is -1.49. The molecule has 5 heteroatoms. The summed E-state index contributed by atoms with van der Waals surface area (Å²) in [6, 6.07) is 2.26. The highest BCUT2D eigenvalue weighted by Crippen LogP contribution is 2.19. The van der Waals surface area contributed by atoms with E-state index in [9.17, 15) is 4.79 Å². The van der Waals surface area contributed by atoms with E-state index < -0.39 is 0 Å². The summed E-state index contributed by atoms with van der Waals surface area (Å²) in [6.07, 6.45) is 5.09. The van der Waals surface area contributed by atoms with Gasteiger partial charge in [-0.15, -0.1) is 0 Å². The third kappa shape index (κ3) is 3.15. The van der Waals surface area contributed by atoms with Crippen LogP contribution in [0.1, 0.15) is 36.7 Å². The fourth-order valence-electron chi connectivity index (χ4n) is 2.86. The Kier molecular flexibility index (Phi) is 4.70. The van der Waals surface area contributed by atoms with Crippen molar-refractivity contribution in [1.29, 1.82) is 0 Å². The number of amides is 1. The SMILES string of the molecule is CCCn1cc(N)cc1C(=O)N1CCCC(N(C)C)C1. The number of carbonyl (C=O) groups excluding carboxylic acids is 1. The second kappa shape index (κ2) is 6.31. The first-order chi connectivity index (χ1) is 9.52. The van der Waals surface area contributed by atoms with Crippen LogP contribution in [0, 0.1) is 0 Å². The van der Waals surface area contributed by atoms with E-state index in [4.69, 9.17) is 5.73 Å². The summed E-state index contributed by atoms with van der Waals surface area (Å²) < 4.78 is 1.98. The predicted octanol–water partition coefficient (Wildman–Crippen LogP) is 1.65. The summed E-state index contributed by atoms with van der Waals surface area (Å²) in [4.78, 5) is 16.9. The maximum atomic E-state index is 12.7.